The third-order valence-corrected chi connectivity index (χ3v) is 5.26. The molecule has 0 spiro atoms. The lowest BCUT2D eigenvalue weighted by molar-refractivity contribution is -0.139. The van der Waals surface area contributed by atoms with Crippen LogP contribution in [-0.4, -0.2) is 35.9 Å². The molecule has 33 heavy (non-hydrogen) atoms. The highest BCUT2D eigenvalue weighted by molar-refractivity contribution is 6.33. The van der Waals surface area contributed by atoms with Gasteiger partial charge in [0.1, 0.15) is 5.92 Å². The summed E-state index contributed by atoms with van der Waals surface area (Å²) in [5, 5.41) is 20.9. The maximum Gasteiger partial charge on any atom is 0.411 e. The summed E-state index contributed by atoms with van der Waals surface area (Å²) in [5.74, 6) is -2.43. The van der Waals surface area contributed by atoms with Crippen LogP contribution in [0.1, 0.15) is 25.8 Å². The number of hydrogen-bond acceptors (Lipinski definition) is 6. The molecule has 172 valence electrons. The van der Waals surface area contributed by atoms with E-state index in [1.54, 1.807) is 31.2 Å². The second-order valence-electron chi connectivity index (χ2n) is 7.28. The third-order valence-electron chi connectivity index (χ3n) is 5.26. The third kappa shape index (κ3) is 5.20. The first kappa shape index (κ1) is 23.5. The number of nitrogens with one attached hydrogen (secondary N) is 2. The fourth-order valence-electron chi connectivity index (χ4n) is 3.46. The molecule has 2 amide bonds. The number of carbonyl (C=O) groups is 3. The van der Waals surface area contributed by atoms with E-state index in [2.05, 4.69) is 20.5 Å². The van der Waals surface area contributed by atoms with Crippen LogP contribution in [0.2, 0.25) is 0 Å². The number of carboxylic acids is 1. The summed E-state index contributed by atoms with van der Waals surface area (Å²) in [6.45, 7) is 3.76. The molecule has 1 heterocycles. The Morgan fingerprint density at radius 1 is 1.15 bits per heavy atom. The van der Waals surface area contributed by atoms with Crippen LogP contribution in [0.4, 0.5) is 21.9 Å². The Labute approximate surface area is 191 Å². The van der Waals surface area contributed by atoms with E-state index in [1.807, 2.05) is 31.2 Å². The number of aryl methyl sites for hydroxylation is 1. The normalized spacial score (nSPS) is 15.2. The SMILES string of the molecule is CCc1ccccc1NC=C1C(=O)N(c2ccc(NC(=O)OC)cc2)N=C1C(CC)C(=O)O. The van der Waals surface area contributed by atoms with E-state index in [-0.39, 0.29) is 17.7 Å². The van der Waals surface area contributed by atoms with E-state index in [0.29, 0.717) is 11.4 Å². The minimum atomic E-state index is -1.05. The van der Waals surface area contributed by atoms with E-state index in [4.69, 9.17) is 0 Å². The van der Waals surface area contributed by atoms with Crippen molar-refractivity contribution in [3.63, 3.8) is 0 Å². The number of benzene rings is 2. The van der Waals surface area contributed by atoms with Gasteiger partial charge < -0.3 is 15.2 Å². The van der Waals surface area contributed by atoms with Crippen LogP contribution in [0, 0.1) is 5.92 Å². The van der Waals surface area contributed by atoms with Gasteiger partial charge in [-0.1, -0.05) is 32.0 Å². The number of carboxylic acid groups (broad SMARTS) is 1. The standard InChI is InChI=1S/C24H26N4O5/c1-4-15-8-6-7-9-20(15)25-14-19-21(18(5-2)23(30)31)27-28(22(19)29)17-12-10-16(11-13-17)26-24(32)33-3/h6-14,18,25H,4-5H2,1-3H3,(H,26,32)(H,30,31). The average Bonchev–Trinajstić information content (AvgIpc) is 3.14. The van der Waals surface area contributed by atoms with Gasteiger partial charge in [-0.25, -0.2) is 4.79 Å². The second-order valence-corrected chi connectivity index (χ2v) is 7.28. The van der Waals surface area contributed by atoms with Crippen molar-refractivity contribution in [2.45, 2.75) is 26.7 Å². The molecule has 0 saturated carbocycles. The number of ether oxygens (including phenoxy) is 1. The van der Waals surface area contributed by atoms with Crippen LogP contribution < -0.4 is 15.6 Å². The summed E-state index contributed by atoms with van der Waals surface area (Å²) in [4.78, 5) is 36.5. The highest BCUT2D eigenvalue weighted by Gasteiger charge is 2.37. The number of amides is 2. The number of aliphatic carboxylic acids is 1. The van der Waals surface area contributed by atoms with Crippen molar-refractivity contribution >= 4 is 40.7 Å². The molecule has 0 bridgehead atoms. The maximum absolute atomic E-state index is 13.3. The van der Waals surface area contributed by atoms with Gasteiger partial charge in [-0.2, -0.15) is 10.1 Å². The number of hydrazone groups is 1. The second kappa shape index (κ2) is 10.4. The molecule has 2 aromatic carbocycles. The van der Waals surface area contributed by atoms with Crippen LogP contribution in [0.15, 0.2) is 65.4 Å². The van der Waals surface area contributed by atoms with Gasteiger partial charge in [0.05, 0.1) is 24.1 Å². The smallest absolute Gasteiger partial charge is 0.411 e. The van der Waals surface area contributed by atoms with Crippen molar-refractivity contribution in [1.29, 1.82) is 0 Å². The van der Waals surface area contributed by atoms with Crippen LogP contribution in [0.5, 0.6) is 0 Å². The maximum atomic E-state index is 13.3. The van der Waals surface area contributed by atoms with Crippen LogP contribution in [0.3, 0.4) is 0 Å². The summed E-state index contributed by atoms with van der Waals surface area (Å²) in [7, 11) is 1.26. The van der Waals surface area contributed by atoms with Crippen molar-refractivity contribution in [1.82, 2.24) is 0 Å². The van der Waals surface area contributed by atoms with Gasteiger partial charge in [0.15, 0.2) is 0 Å². The van der Waals surface area contributed by atoms with Crippen molar-refractivity contribution in [3.05, 3.63) is 65.9 Å². The van der Waals surface area contributed by atoms with Gasteiger partial charge in [-0.05, 0) is 48.7 Å². The summed E-state index contributed by atoms with van der Waals surface area (Å²) in [5.41, 5.74) is 3.19. The number of hydrogen-bond donors (Lipinski definition) is 3. The van der Waals surface area contributed by atoms with Crippen molar-refractivity contribution in [2.75, 3.05) is 22.8 Å². The van der Waals surface area contributed by atoms with Crippen LogP contribution in [0.25, 0.3) is 0 Å². The Balaban J connectivity index is 1.95. The topological polar surface area (TPSA) is 120 Å². The Morgan fingerprint density at radius 3 is 2.45 bits per heavy atom. The lowest BCUT2D eigenvalue weighted by atomic mass is 9.95. The molecule has 0 aromatic heterocycles. The number of para-hydroxylation sites is 1. The first-order valence-corrected chi connectivity index (χ1v) is 10.5. The predicted molar refractivity (Wildman–Crippen MR) is 126 cm³/mol. The molecule has 0 aliphatic carbocycles. The van der Waals surface area contributed by atoms with Crippen LogP contribution >= 0.6 is 0 Å². The first-order valence-electron chi connectivity index (χ1n) is 10.5. The van der Waals surface area contributed by atoms with Gasteiger partial charge in [0.25, 0.3) is 5.91 Å². The summed E-state index contributed by atoms with van der Waals surface area (Å²) >= 11 is 0. The van der Waals surface area contributed by atoms with E-state index < -0.39 is 23.9 Å². The van der Waals surface area contributed by atoms with E-state index in [9.17, 15) is 19.5 Å². The van der Waals surface area contributed by atoms with Gasteiger partial charge in [0, 0.05) is 17.6 Å². The Hall–Kier alpha value is -4.14. The van der Waals surface area contributed by atoms with E-state index in [1.165, 1.54) is 18.3 Å². The highest BCUT2D eigenvalue weighted by Crippen LogP contribution is 2.29. The lowest BCUT2D eigenvalue weighted by Crippen LogP contribution is -2.26. The minimum absolute atomic E-state index is 0.187. The molecule has 9 nitrogen and oxygen atoms in total. The summed E-state index contributed by atoms with van der Waals surface area (Å²) in [6.07, 6.45) is 1.98. The molecule has 1 aliphatic heterocycles. The Kier molecular flexibility index (Phi) is 7.45. The number of rotatable bonds is 8. The number of anilines is 3. The van der Waals surface area contributed by atoms with Gasteiger partial charge in [0.2, 0.25) is 0 Å². The van der Waals surface area contributed by atoms with Crippen molar-refractivity contribution in [3.8, 4) is 0 Å². The zero-order valence-electron chi connectivity index (χ0n) is 18.7. The van der Waals surface area contributed by atoms with Crippen molar-refractivity contribution in [2.24, 2.45) is 11.0 Å². The number of nitrogens with zero attached hydrogens (tertiary/aromatic N) is 2. The zero-order valence-corrected chi connectivity index (χ0v) is 18.7. The molecule has 9 heteroatoms. The predicted octanol–water partition coefficient (Wildman–Crippen LogP) is 4.24. The van der Waals surface area contributed by atoms with Gasteiger partial charge in [-0.3, -0.25) is 14.9 Å². The quantitative estimate of drug-likeness (QED) is 0.518. The fourth-order valence-corrected chi connectivity index (χ4v) is 3.46. The first-order chi connectivity index (χ1) is 15.9. The van der Waals surface area contributed by atoms with Gasteiger partial charge in [-0.15, -0.1) is 0 Å². The molecule has 1 atom stereocenters. The molecule has 1 aliphatic rings. The largest absolute Gasteiger partial charge is 0.481 e. The molecule has 3 N–H and O–H groups in total. The van der Waals surface area contributed by atoms with Crippen LogP contribution in [-0.2, 0) is 20.7 Å². The zero-order chi connectivity index (χ0) is 24.0. The Bertz CT molecular complexity index is 1110. The fraction of sp³-hybridized carbons (Fsp3) is 0.250. The van der Waals surface area contributed by atoms with Crippen molar-refractivity contribution < 1.29 is 24.2 Å². The van der Waals surface area contributed by atoms with E-state index >= 15 is 0 Å². The molecule has 0 radical (unpaired) electrons. The minimum Gasteiger partial charge on any atom is -0.481 e. The average molecular weight is 450 g/mol. The summed E-state index contributed by atoms with van der Waals surface area (Å²) < 4.78 is 4.56. The lowest BCUT2D eigenvalue weighted by Gasteiger charge is -2.13. The number of carbonyl (C=O) groups excluding carboxylic acids is 2. The van der Waals surface area contributed by atoms with Gasteiger partial charge >= 0.3 is 12.1 Å². The summed E-state index contributed by atoms with van der Waals surface area (Å²) in [6, 6.07) is 14.1. The number of methoxy groups -OCH3 is 1. The Morgan fingerprint density at radius 2 is 1.85 bits per heavy atom. The molecular formula is C24H26N4O5. The highest BCUT2D eigenvalue weighted by atomic mass is 16.5. The molecule has 0 saturated heterocycles. The molecular weight excluding hydrogens is 424 g/mol. The molecule has 2 aromatic rings. The molecule has 3 rings (SSSR count). The molecule has 1 unspecified atom stereocenters. The molecule has 0 fully saturated rings. The monoisotopic (exact) mass is 450 g/mol. The van der Waals surface area contributed by atoms with E-state index in [0.717, 1.165) is 17.7 Å².